The molecule has 7 heteroatoms. The van der Waals surface area contributed by atoms with Crippen LogP contribution in [0.4, 0.5) is 10.5 Å². The zero-order chi connectivity index (χ0) is 20.2. The minimum atomic E-state index is -0.0666. The Kier molecular flexibility index (Phi) is 5.37. The van der Waals surface area contributed by atoms with Gasteiger partial charge in [0.05, 0.1) is 12.7 Å². The van der Waals surface area contributed by atoms with Crippen LogP contribution in [0, 0.1) is 0 Å². The second-order valence-corrected chi connectivity index (χ2v) is 6.79. The van der Waals surface area contributed by atoms with Crippen LogP contribution in [-0.4, -0.2) is 61.5 Å². The Morgan fingerprint density at radius 3 is 2.76 bits per heavy atom. The normalized spacial score (nSPS) is 15.3. The van der Waals surface area contributed by atoms with E-state index in [1.807, 2.05) is 47.4 Å². The molecule has 2 amide bonds. The summed E-state index contributed by atoms with van der Waals surface area (Å²) >= 11 is 0. The molecule has 7 nitrogen and oxygen atoms in total. The van der Waals surface area contributed by atoms with Crippen LogP contribution in [-0.2, 0) is 0 Å². The summed E-state index contributed by atoms with van der Waals surface area (Å²) in [5.74, 6) is 2.84. The summed E-state index contributed by atoms with van der Waals surface area (Å²) in [4.78, 5) is 21.2. The number of rotatable bonds is 3. The number of methoxy groups -OCH3 is 1. The monoisotopic (exact) mass is 392 g/mol. The first-order valence-corrected chi connectivity index (χ1v) is 9.63. The van der Waals surface area contributed by atoms with Gasteiger partial charge in [0.15, 0.2) is 17.2 Å². The average Bonchev–Trinajstić information content (AvgIpc) is 2.94. The third-order valence-electron chi connectivity index (χ3n) is 5.01. The second-order valence-electron chi connectivity index (χ2n) is 6.79. The molecule has 2 aromatic rings. The van der Waals surface area contributed by atoms with Crippen molar-refractivity contribution in [3.8, 4) is 17.2 Å². The van der Waals surface area contributed by atoms with Crippen molar-refractivity contribution in [2.75, 3.05) is 39.8 Å². The fourth-order valence-electron chi connectivity index (χ4n) is 3.51. The highest BCUT2D eigenvalue weighted by molar-refractivity contribution is 6.04. The molecule has 0 unspecified atom stereocenters. The van der Waals surface area contributed by atoms with E-state index in [4.69, 9.17) is 14.5 Å². The van der Waals surface area contributed by atoms with Crippen LogP contribution in [0.15, 0.2) is 60.1 Å². The lowest BCUT2D eigenvalue weighted by Gasteiger charge is -2.36. The summed E-state index contributed by atoms with van der Waals surface area (Å²) in [7, 11) is 1.63. The number of urea groups is 1. The van der Waals surface area contributed by atoms with E-state index in [-0.39, 0.29) is 6.03 Å². The maximum atomic E-state index is 12.2. The molecular formula is C22H24N4O3. The highest BCUT2D eigenvalue weighted by atomic mass is 16.5. The van der Waals surface area contributed by atoms with Crippen LogP contribution in [0.3, 0.4) is 0 Å². The quantitative estimate of drug-likeness (QED) is 0.813. The predicted molar refractivity (Wildman–Crippen MR) is 112 cm³/mol. The largest absolute Gasteiger partial charge is 0.493 e. The Morgan fingerprint density at radius 2 is 2.00 bits per heavy atom. The summed E-state index contributed by atoms with van der Waals surface area (Å²) in [6, 6.07) is 13.5. The van der Waals surface area contributed by atoms with Gasteiger partial charge in [0.25, 0.3) is 0 Å². The molecule has 0 bridgehead atoms. The number of para-hydroxylation sites is 3. The minimum Gasteiger partial charge on any atom is -0.493 e. The number of carbonyl (C=O) groups excluding carboxylic acids is 1. The van der Waals surface area contributed by atoms with E-state index in [0.29, 0.717) is 50.0 Å². The summed E-state index contributed by atoms with van der Waals surface area (Å²) in [5.41, 5.74) is 1.65. The standard InChI is InChI=1S/C22H24N4O3/c1-3-11-23-22(27)26-14-12-25(13-15-26)21-16-7-6-10-19(28-2)20(16)29-18-9-5-4-8-17(18)24-21/h3-10H,1,11-15H2,2H3,(H,23,27). The fraction of sp³-hybridized carbons (Fsp3) is 0.273. The molecule has 1 saturated heterocycles. The zero-order valence-electron chi connectivity index (χ0n) is 16.4. The van der Waals surface area contributed by atoms with E-state index in [1.54, 1.807) is 13.2 Å². The number of aliphatic imine (C=N–C) groups is 1. The number of benzene rings is 2. The molecule has 0 aliphatic carbocycles. The number of carbonyl (C=O) groups is 1. The summed E-state index contributed by atoms with van der Waals surface area (Å²) in [6.45, 7) is 6.69. The van der Waals surface area contributed by atoms with E-state index in [0.717, 1.165) is 17.1 Å². The minimum absolute atomic E-state index is 0.0666. The number of hydrogen-bond donors (Lipinski definition) is 1. The van der Waals surface area contributed by atoms with Gasteiger partial charge in [0.2, 0.25) is 0 Å². The maximum absolute atomic E-state index is 12.2. The molecule has 0 saturated carbocycles. The lowest BCUT2D eigenvalue weighted by molar-refractivity contribution is 0.170. The van der Waals surface area contributed by atoms with Gasteiger partial charge < -0.3 is 24.6 Å². The first kappa shape index (κ1) is 18.9. The first-order chi connectivity index (χ1) is 14.2. The second kappa shape index (κ2) is 8.26. The van der Waals surface area contributed by atoms with Gasteiger partial charge in [0.1, 0.15) is 11.5 Å². The Labute approximate surface area is 170 Å². The van der Waals surface area contributed by atoms with Gasteiger partial charge in [0, 0.05) is 32.7 Å². The molecule has 1 N–H and O–H groups in total. The maximum Gasteiger partial charge on any atom is 0.317 e. The van der Waals surface area contributed by atoms with Crippen LogP contribution in [0.1, 0.15) is 5.56 Å². The van der Waals surface area contributed by atoms with Gasteiger partial charge in [-0.3, -0.25) is 0 Å². The van der Waals surface area contributed by atoms with Crippen molar-refractivity contribution in [3.63, 3.8) is 0 Å². The third-order valence-corrected chi connectivity index (χ3v) is 5.01. The molecule has 150 valence electrons. The Morgan fingerprint density at radius 1 is 1.21 bits per heavy atom. The number of amidine groups is 1. The lowest BCUT2D eigenvalue weighted by Crippen LogP contribution is -2.53. The molecule has 0 atom stereocenters. The van der Waals surface area contributed by atoms with Gasteiger partial charge in [-0.2, -0.15) is 0 Å². The van der Waals surface area contributed by atoms with Gasteiger partial charge >= 0.3 is 6.03 Å². The van der Waals surface area contributed by atoms with E-state index in [1.165, 1.54) is 0 Å². The van der Waals surface area contributed by atoms with Gasteiger partial charge in [-0.25, -0.2) is 9.79 Å². The summed E-state index contributed by atoms with van der Waals surface area (Å²) < 4.78 is 11.7. The topological polar surface area (TPSA) is 66.4 Å². The van der Waals surface area contributed by atoms with Crippen molar-refractivity contribution < 1.29 is 14.3 Å². The summed E-state index contributed by atoms with van der Waals surface area (Å²) in [5, 5.41) is 2.83. The number of nitrogens with zero attached hydrogens (tertiary/aromatic N) is 3. The number of amides is 2. The molecule has 4 rings (SSSR count). The van der Waals surface area contributed by atoms with Crippen LogP contribution in [0.5, 0.6) is 17.2 Å². The van der Waals surface area contributed by atoms with E-state index in [2.05, 4.69) is 16.8 Å². The highest BCUT2D eigenvalue weighted by Gasteiger charge is 2.28. The van der Waals surface area contributed by atoms with Gasteiger partial charge in [-0.1, -0.05) is 24.3 Å². The van der Waals surface area contributed by atoms with Crippen molar-refractivity contribution >= 4 is 17.6 Å². The molecule has 2 aromatic carbocycles. The van der Waals surface area contributed by atoms with E-state index >= 15 is 0 Å². The van der Waals surface area contributed by atoms with Crippen LogP contribution >= 0.6 is 0 Å². The van der Waals surface area contributed by atoms with Crippen LogP contribution in [0.25, 0.3) is 0 Å². The van der Waals surface area contributed by atoms with Crippen LogP contribution < -0.4 is 14.8 Å². The molecule has 2 aliphatic heterocycles. The van der Waals surface area contributed by atoms with Crippen molar-refractivity contribution in [1.29, 1.82) is 0 Å². The third kappa shape index (κ3) is 3.76. The molecule has 2 heterocycles. The Balaban J connectivity index is 1.64. The SMILES string of the molecule is C=CCNC(=O)N1CCN(C2=Nc3ccccc3Oc3c(OC)cccc32)CC1. The molecule has 29 heavy (non-hydrogen) atoms. The number of ether oxygens (including phenoxy) is 2. The fourth-order valence-corrected chi connectivity index (χ4v) is 3.51. The van der Waals surface area contributed by atoms with Gasteiger partial charge in [-0.15, -0.1) is 6.58 Å². The lowest BCUT2D eigenvalue weighted by atomic mass is 10.1. The highest BCUT2D eigenvalue weighted by Crippen LogP contribution is 2.42. The molecule has 0 aromatic heterocycles. The number of hydrogen-bond acceptors (Lipinski definition) is 5. The Hall–Kier alpha value is -3.48. The van der Waals surface area contributed by atoms with E-state index in [9.17, 15) is 4.79 Å². The van der Waals surface area contributed by atoms with E-state index < -0.39 is 0 Å². The molecule has 0 radical (unpaired) electrons. The van der Waals surface area contributed by atoms with Crippen molar-refractivity contribution in [2.45, 2.75) is 0 Å². The number of nitrogens with one attached hydrogen (secondary N) is 1. The molecule has 1 fully saturated rings. The first-order valence-electron chi connectivity index (χ1n) is 9.63. The number of piperazine rings is 1. The predicted octanol–water partition coefficient (Wildman–Crippen LogP) is 3.39. The summed E-state index contributed by atoms with van der Waals surface area (Å²) in [6.07, 6.45) is 1.68. The molecule has 2 aliphatic rings. The zero-order valence-corrected chi connectivity index (χ0v) is 16.4. The van der Waals surface area contributed by atoms with Gasteiger partial charge in [-0.05, 0) is 24.3 Å². The van der Waals surface area contributed by atoms with Crippen molar-refractivity contribution in [2.24, 2.45) is 4.99 Å². The van der Waals surface area contributed by atoms with Crippen molar-refractivity contribution in [1.82, 2.24) is 15.1 Å². The van der Waals surface area contributed by atoms with Crippen molar-refractivity contribution in [3.05, 3.63) is 60.7 Å². The number of fused-ring (bicyclic) bond motifs is 2. The molecule has 0 spiro atoms. The van der Waals surface area contributed by atoms with Crippen LogP contribution in [0.2, 0.25) is 0 Å². The smallest absolute Gasteiger partial charge is 0.317 e. The average molecular weight is 392 g/mol. The Bertz CT molecular complexity index is 949. The molecular weight excluding hydrogens is 368 g/mol.